The molecule has 0 aromatic heterocycles. The molecule has 3 saturated heterocycles. The first kappa shape index (κ1) is 21.4. The molecule has 3 aliphatic rings. The number of benzene rings is 1. The molecular weight excluding hydrogens is 402 g/mol. The summed E-state index contributed by atoms with van der Waals surface area (Å²) < 4.78 is 5.36. The zero-order chi connectivity index (χ0) is 21.5. The lowest BCUT2D eigenvalue weighted by molar-refractivity contribution is -0.123. The van der Waals surface area contributed by atoms with Crippen molar-refractivity contribution >= 4 is 23.4 Å². The zero-order valence-electron chi connectivity index (χ0n) is 18.1. The molecule has 6 nitrogen and oxygen atoms in total. The Morgan fingerprint density at radius 1 is 1.33 bits per heavy atom. The maximum absolute atomic E-state index is 13.1. The van der Waals surface area contributed by atoms with Crippen LogP contribution in [-0.4, -0.2) is 67.0 Å². The predicted octanol–water partition coefficient (Wildman–Crippen LogP) is 3.05. The van der Waals surface area contributed by atoms with Gasteiger partial charge in [0.05, 0.1) is 18.6 Å². The predicted molar refractivity (Wildman–Crippen MR) is 117 cm³/mol. The number of piperidine rings is 1. The first-order valence-corrected chi connectivity index (χ1v) is 11.4. The van der Waals surface area contributed by atoms with Gasteiger partial charge < -0.3 is 19.9 Å². The van der Waals surface area contributed by atoms with E-state index < -0.39 is 0 Å². The number of carbonyl (C=O) groups excluding carboxylic acids is 2. The van der Waals surface area contributed by atoms with Crippen LogP contribution in [0.15, 0.2) is 18.2 Å². The Hall–Kier alpha value is -1.79. The second-order valence-electron chi connectivity index (χ2n) is 9.23. The minimum Gasteiger partial charge on any atom is -0.496 e. The highest BCUT2D eigenvalue weighted by Crippen LogP contribution is 2.44. The summed E-state index contributed by atoms with van der Waals surface area (Å²) in [5.41, 5.74) is 0.360. The minimum absolute atomic E-state index is 0.0379. The molecule has 1 spiro atoms. The number of methoxy groups -OCH3 is 1. The normalized spacial score (nSPS) is 26.5. The number of amides is 2. The maximum Gasteiger partial charge on any atom is 0.257 e. The van der Waals surface area contributed by atoms with Crippen LogP contribution in [0.1, 0.15) is 43.5 Å². The number of halogens is 1. The van der Waals surface area contributed by atoms with E-state index in [2.05, 4.69) is 24.1 Å². The van der Waals surface area contributed by atoms with E-state index in [-0.39, 0.29) is 23.3 Å². The average molecular weight is 434 g/mol. The molecule has 3 heterocycles. The summed E-state index contributed by atoms with van der Waals surface area (Å²) >= 11 is 6.04. The lowest BCUT2D eigenvalue weighted by Gasteiger charge is -2.43. The number of fused-ring (bicyclic) bond motifs is 2. The van der Waals surface area contributed by atoms with Gasteiger partial charge in [-0.25, -0.2) is 0 Å². The fourth-order valence-corrected chi connectivity index (χ4v) is 5.64. The van der Waals surface area contributed by atoms with E-state index in [1.165, 1.54) is 0 Å². The third-order valence-corrected chi connectivity index (χ3v) is 7.65. The quantitative estimate of drug-likeness (QED) is 0.775. The lowest BCUT2D eigenvalue weighted by Crippen LogP contribution is -2.56. The Bertz CT molecular complexity index is 822. The van der Waals surface area contributed by atoms with E-state index in [4.69, 9.17) is 16.3 Å². The summed E-state index contributed by atoms with van der Waals surface area (Å²) in [6.45, 7) is 8.68. The molecule has 3 aliphatic heterocycles. The molecule has 7 heteroatoms. The van der Waals surface area contributed by atoms with Crippen molar-refractivity contribution in [3.05, 3.63) is 28.8 Å². The molecule has 0 radical (unpaired) electrons. The van der Waals surface area contributed by atoms with E-state index in [0.717, 1.165) is 38.9 Å². The standard InChI is InChI=1S/C23H32ClN3O3/c1-4-15(2)12-26-13-18-19(14-26)23(25-21(18)28)7-9-27(10-8-23)22(29)17-6-5-16(24)11-20(17)30-3/h5-6,11,15,18-19H,4,7-10,12-14H2,1-3H3,(H,25,28)/t15-,18+,19-/m0/s1. The molecule has 3 fully saturated rings. The van der Waals surface area contributed by atoms with Crippen LogP contribution in [0, 0.1) is 17.8 Å². The van der Waals surface area contributed by atoms with Crippen molar-refractivity contribution in [2.24, 2.45) is 17.8 Å². The smallest absolute Gasteiger partial charge is 0.257 e. The second-order valence-corrected chi connectivity index (χ2v) is 9.66. The molecule has 1 aromatic rings. The van der Waals surface area contributed by atoms with Crippen molar-refractivity contribution in [2.75, 3.05) is 39.8 Å². The van der Waals surface area contributed by atoms with Crippen LogP contribution in [0.5, 0.6) is 5.75 Å². The van der Waals surface area contributed by atoms with Crippen molar-refractivity contribution in [3.8, 4) is 5.75 Å². The number of nitrogens with one attached hydrogen (secondary N) is 1. The zero-order valence-corrected chi connectivity index (χ0v) is 18.9. The van der Waals surface area contributed by atoms with E-state index in [1.54, 1.807) is 25.3 Å². The Labute approximate surface area is 183 Å². The summed E-state index contributed by atoms with van der Waals surface area (Å²) in [6, 6.07) is 5.12. The lowest BCUT2D eigenvalue weighted by atomic mass is 9.75. The van der Waals surface area contributed by atoms with E-state index in [0.29, 0.717) is 41.3 Å². The maximum atomic E-state index is 13.1. The highest BCUT2D eigenvalue weighted by atomic mass is 35.5. The van der Waals surface area contributed by atoms with Gasteiger partial charge in [0.15, 0.2) is 0 Å². The van der Waals surface area contributed by atoms with Crippen LogP contribution in [0.25, 0.3) is 0 Å². The third kappa shape index (κ3) is 3.80. The number of carbonyl (C=O) groups is 2. The SMILES string of the molecule is CC[C@H](C)CN1C[C@H]2C(=O)NC3(CCN(C(=O)c4ccc(Cl)cc4OC)CC3)[C@H]2C1. The molecule has 1 N–H and O–H groups in total. The van der Waals surface area contributed by atoms with Gasteiger partial charge in [0, 0.05) is 49.2 Å². The molecule has 30 heavy (non-hydrogen) atoms. The van der Waals surface area contributed by atoms with Crippen LogP contribution >= 0.6 is 11.6 Å². The van der Waals surface area contributed by atoms with Crippen LogP contribution < -0.4 is 10.1 Å². The van der Waals surface area contributed by atoms with Gasteiger partial charge in [-0.05, 0) is 37.0 Å². The molecule has 3 atom stereocenters. The molecule has 0 aliphatic carbocycles. The Balaban J connectivity index is 1.44. The van der Waals surface area contributed by atoms with Crippen LogP contribution in [0.3, 0.4) is 0 Å². The summed E-state index contributed by atoms with van der Waals surface area (Å²) in [6.07, 6.45) is 2.77. The van der Waals surface area contributed by atoms with Gasteiger partial charge in [-0.2, -0.15) is 0 Å². The van der Waals surface area contributed by atoms with Crippen molar-refractivity contribution in [1.82, 2.24) is 15.1 Å². The van der Waals surface area contributed by atoms with Crippen LogP contribution in [0.2, 0.25) is 5.02 Å². The van der Waals surface area contributed by atoms with Gasteiger partial charge in [-0.15, -0.1) is 0 Å². The van der Waals surface area contributed by atoms with Gasteiger partial charge in [0.25, 0.3) is 5.91 Å². The van der Waals surface area contributed by atoms with Crippen molar-refractivity contribution in [2.45, 2.75) is 38.6 Å². The first-order chi connectivity index (χ1) is 14.4. The van der Waals surface area contributed by atoms with Crippen molar-refractivity contribution in [3.63, 3.8) is 0 Å². The summed E-state index contributed by atoms with van der Waals surface area (Å²) in [4.78, 5) is 30.2. The fraction of sp³-hybridized carbons (Fsp3) is 0.652. The van der Waals surface area contributed by atoms with Gasteiger partial charge in [-0.1, -0.05) is 31.9 Å². The highest BCUT2D eigenvalue weighted by molar-refractivity contribution is 6.30. The van der Waals surface area contributed by atoms with Crippen molar-refractivity contribution in [1.29, 1.82) is 0 Å². The largest absolute Gasteiger partial charge is 0.496 e. The molecule has 2 amide bonds. The van der Waals surface area contributed by atoms with Gasteiger partial charge in [0.2, 0.25) is 5.91 Å². The van der Waals surface area contributed by atoms with Gasteiger partial charge >= 0.3 is 0 Å². The minimum atomic E-state index is -0.174. The molecule has 4 rings (SSSR count). The molecular formula is C23H32ClN3O3. The number of hydrogen-bond acceptors (Lipinski definition) is 4. The number of likely N-dealkylation sites (tertiary alicyclic amines) is 2. The van der Waals surface area contributed by atoms with Gasteiger partial charge in [0.1, 0.15) is 5.75 Å². The Morgan fingerprint density at radius 3 is 2.73 bits per heavy atom. The highest BCUT2D eigenvalue weighted by Gasteiger charge is 2.57. The van der Waals surface area contributed by atoms with Crippen LogP contribution in [0.4, 0.5) is 0 Å². The Morgan fingerprint density at radius 2 is 2.07 bits per heavy atom. The monoisotopic (exact) mass is 433 g/mol. The third-order valence-electron chi connectivity index (χ3n) is 7.42. The van der Waals surface area contributed by atoms with Gasteiger partial charge in [-0.3, -0.25) is 9.59 Å². The molecule has 0 saturated carbocycles. The summed E-state index contributed by atoms with van der Waals surface area (Å²) in [7, 11) is 1.55. The van der Waals surface area contributed by atoms with E-state index >= 15 is 0 Å². The molecule has 0 unspecified atom stereocenters. The summed E-state index contributed by atoms with van der Waals surface area (Å²) in [5, 5.41) is 3.89. The summed E-state index contributed by atoms with van der Waals surface area (Å²) in [5.74, 6) is 1.74. The molecule has 1 aromatic carbocycles. The number of hydrogen-bond donors (Lipinski definition) is 1. The topological polar surface area (TPSA) is 61.9 Å². The van der Waals surface area contributed by atoms with E-state index in [1.807, 2.05) is 4.90 Å². The molecule has 164 valence electrons. The first-order valence-electron chi connectivity index (χ1n) is 11.0. The van der Waals surface area contributed by atoms with Crippen molar-refractivity contribution < 1.29 is 14.3 Å². The molecule has 0 bridgehead atoms. The number of ether oxygens (including phenoxy) is 1. The number of nitrogens with zero attached hydrogens (tertiary/aromatic N) is 2. The van der Waals surface area contributed by atoms with E-state index in [9.17, 15) is 9.59 Å². The fourth-order valence-electron chi connectivity index (χ4n) is 5.48. The average Bonchev–Trinajstić information content (AvgIpc) is 3.27. The number of rotatable bonds is 5. The van der Waals surface area contributed by atoms with Crippen LogP contribution in [-0.2, 0) is 4.79 Å². The Kier molecular flexibility index (Phi) is 5.99. The second kappa shape index (κ2) is 8.39.